The number of nitrogens with one attached hydrogen (secondary N) is 1. The van der Waals surface area contributed by atoms with E-state index >= 15 is 0 Å². The van der Waals surface area contributed by atoms with Crippen molar-refractivity contribution in [1.29, 1.82) is 0 Å². The largest absolute Gasteiger partial charge is 0.340 e. The van der Waals surface area contributed by atoms with E-state index in [2.05, 4.69) is 28.5 Å². The van der Waals surface area contributed by atoms with Crippen molar-refractivity contribution in [3.8, 4) is 0 Å². The molecule has 3 rings (SSSR count). The first-order valence-corrected chi connectivity index (χ1v) is 6.08. The Bertz CT molecular complexity index is 689. The van der Waals surface area contributed by atoms with Crippen LogP contribution in [0.5, 0.6) is 0 Å². The van der Waals surface area contributed by atoms with Gasteiger partial charge in [0, 0.05) is 11.1 Å². The topological polar surface area (TPSA) is 24.9 Å². The lowest BCUT2D eigenvalue weighted by molar-refractivity contribution is 1.31. The van der Waals surface area contributed by atoms with Crippen molar-refractivity contribution in [2.75, 3.05) is 5.32 Å². The Balaban J connectivity index is 2.05. The summed E-state index contributed by atoms with van der Waals surface area (Å²) in [7, 11) is 0. The number of anilines is 2. The van der Waals surface area contributed by atoms with E-state index in [1.807, 2.05) is 36.4 Å². The molecule has 3 aromatic rings. The van der Waals surface area contributed by atoms with Crippen molar-refractivity contribution in [2.45, 2.75) is 0 Å². The molecule has 1 N–H and O–H groups in total. The molecular formula is C15H11ClN2. The molecule has 0 atom stereocenters. The molecule has 18 heavy (non-hydrogen) atoms. The number of halogens is 1. The van der Waals surface area contributed by atoms with Crippen molar-refractivity contribution in [2.24, 2.45) is 0 Å². The van der Waals surface area contributed by atoms with Gasteiger partial charge in [-0.2, -0.15) is 0 Å². The summed E-state index contributed by atoms with van der Waals surface area (Å²) in [4.78, 5) is 4.23. The van der Waals surface area contributed by atoms with E-state index in [1.54, 1.807) is 6.07 Å². The molecule has 0 aliphatic carbocycles. The molecule has 0 aliphatic rings. The van der Waals surface area contributed by atoms with Crippen LogP contribution in [0.15, 0.2) is 60.7 Å². The van der Waals surface area contributed by atoms with Crippen molar-refractivity contribution in [3.05, 3.63) is 65.8 Å². The highest BCUT2D eigenvalue weighted by atomic mass is 35.5. The molecule has 1 aromatic heterocycles. The summed E-state index contributed by atoms with van der Waals surface area (Å²) in [6, 6.07) is 19.9. The minimum absolute atomic E-state index is 0.486. The van der Waals surface area contributed by atoms with E-state index in [0.29, 0.717) is 5.15 Å². The van der Waals surface area contributed by atoms with Crippen LogP contribution < -0.4 is 5.32 Å². The second-order valence-electron chi connectivity index (χ2n) is 4.00. The maximum atomic E-state index is 5.88. The van der Waals surface area contributed by atoms with Gasteiger partial charge in [-0.15, -0.1) is 0 Å². The Morgan fingerprint density at radius 1 is 0.833 bits per heavy atom. The van der Waals surface area contributed by atoms with Crippen molar-refractivity contribution >= 4 is 33.9 Å². The monoisotopic (exact) mass is 254 g/mol. The minimum Gasteiger partial charge on any atom is -0.340 e. The molecule has 2 aromatic carbocycles. The van der Waals surface area contributed by atoms with Gasteiger partial charge in [-0.3, -0.25) is 0 Å². The molecule has 0 radical (unpaired) electrons. The van der Waals surface area contributed by atoms with Gasteiger partial charge in [-0.05, 0) is 23.6 Å². The molecule has 0 aliphatic heterocycles. The van der Waals surface area contributed by atoms with Gasteiger partial charge in [0.15, 0.2) is 0 Å². The maximum absolute atomic E-state index is 5.88. The van der Waals surface area contributed by atoms with E-state index < -0.39 is 0 Å². The number of aromatic nitrogens is 1. The average molecular weight is 255 g/mol. The third kappa shape index (κ3) is 2.15. The summed E-state index contributed by atoms with van der Waals surface area (Å²) in [6.45, 7) is 0. The molecule has 3 heteroatoms. The van der Waals surface area contributed by atoms with Crippen LogP contribution in [0, 0.1) is 0 Å². The van der Waals surface area contributed by atoms with E-state index in [1.165, 1.54) is 10.8 Å². The molecule has 88 valence electrons. The summed E-state index contributed by atoms with van der Waals surface area (Å²) >= 11 is 5.88. The summed E-state index contributed by atoms with van der Waals surface area (Å²) in [5.41, 5.74) is 1.03. The molecule has 0 amide bonds. The Morgan fingerprint density at radius 3 is 2.50 bits per heavy atom. The molecular weight excluding hydrogens is 244 g/mol. The molecule has 2 nitrogen and oxygen atoms in total. The van der Waals surface area contributed by atoms with Crippen molar-refractivity contribution < 1.29 is 0 Å². The van der Waals surface area contributed by atoms with Gasteiger partial charge in [0.1, 0.15) is 11.0 Å². The quantitative estimate of drug-likeness (QED) is 0.675. The van der Waals surface area contributed by atoms with Crippen molar-refractivity contribution in [3.63, 3.8) is 0 Å². The SMILES string of the molecule is Clc1cccc(Nc2cccc3ccccc23)n1. The first-order chi connectivity index (χ1) is 8.83. The second-order valence-corrected chi connectivity index (χ2v) is 4.38. The minimum atomic E-state index is 0.486. The summed E-state index contributed by atoms with van der Waals surface area (Å²) in [5, 5.41) is 6.15. The Labute approximate surface area is 110 Å². The number of hydrogen-bond donors (Lipinski definition) is 1. The van der Waals surface area contributed by atoms with Gasteiger partial charge in [0.05, 0.1) is 0 Å². The summed E-state index contributed by atoms with van der Waals surface area (Å²) < 4.78 is 0. The van der Waals surface area contributed by atoms with Crippen LogP contribution in [-0.2, 0) is 0 Å². The zero-order valence-electron chi connectivity index (χ0n) is 9.60. The first-order valence-electron chi connectivity index (χ1n) is 5.70. The zero-order valence-corrected chi connectivity index (χ0v) is 10.4. The van der Waals surface area contributed by atoms with Crippen LogP contribution in [0.25, 0.3) is 10.8 Å². The molecule has 0 bridgehead atoms. The number of nitrogens with zero attached hydrogens (tertiary/aromatic N) is 1. The fourth-order valence-corrected chi connectivity index (χ4v) is 2.11. The average Bonchev–Trinajstić information content (AvgIpc) is 2.39. The Hall–Kier alpha value is -2.06. The fourth-order valence-electron chi connectivity index (χ4n) is 1.95. The van der Waals surface area contributed by atoms with Gasteiger partial charge in [0.2, 0.25) is 0 Å². The molecule has 0 saturated carbocycles. The summed E-state index contributed by atoms with van der Waals surface area (Å²) in [6.07, 6.45) is 0. The first kappa shape index (κ1) is 11.1. The van der Waals surface area contributed by atoms with Gasteiger partial charge < -0.3 is 5.32 Å². The van der Waals surface area contributed by atoms with Crippen molar-refractivity contribution in [1.82, 2.24) is 4.98 Å². The highest BCUT2D eigenvalue weighted by Gasteiger charge is 2.01. The molecule has 0 saturated heterocycles. The van der Waals surface area contributed by atoms with E-state index in [4.69, 9.17) is 11.6 Å². The number of hydrogen-bond acceptors (Lipinski definition) is 2. The molecule has 1 heterocycles. The van der Waals surface area contributed by atoms with Crippen LogP contribution in [0.3, 0.4) is 0 Å². The highest BCUT2D eigenvalue weighted by molar-refractivity contribution is 6.29. The van der Waals surface area contributed by atoms with Gasteiger partial charge in [0.25, 0.3) is 0 Å². The number of rotatable bonds is 2. The normalized spacial score (nSPS) is 10.5. The van der Waals surface area contributed by atoms with Crippen LogP contribution >= 0.6 is 11.6 Å². The van der Waals surface area contributed by atoms with E-state index in [-0.39, 0.29) is 0 Å². The van der Waals surface area contributed by atoms with Crippen LogP contribution in [0.4, 0.5) is 11.5 Å². The second kappa shape index (κ2) is 4.67. The third-order valence-electron chi connectivity index (χ3n) is 2.77. The number of benzene rings is 2. The third-order valence-corrected chi connectivity index (χ3v) is 2.98. The number of pyridine rings is 1. The van der Waals surface area contributed by atoms with Gasteiger partial charge in [-0.25, -0.2) is 4.98 Å². The standard InChI is InChI=1S/C15H11ClN2/c16-14-9-4-10-15(18-14)17-13-8-3-6-11-5-1-2-7-12(11)13/h1-10H,(H,17,18). The van der Waals surface area contributed by atoms with Crippen LogP contribution in [-0.4, -0.2) is 4.98 Å². The van der Waals surface area contributed by atoms with Gasteiger partial charge in [-0.1, -0.05) is 54.1 Å². The zero-order chi connectivity index (χ0) is 12.4. The Kier molecular flexibility index (Phi) is 2.87. The molecule has 0 unspecified atom stereocenters. The van der Waals surface area contributed by atoms with Crippen LogP contribution in [0.1, 0.15) is 0 Å². The lowest BCUT2D eigenvalue weighted by Gasteiger charge is -2.09. The van der Waals surface area contributed by atoms with E-state index in [9.17, 15) is 0 Å². The fraction of sp³-hybridized carbons (Fsp3) is 0. The molecule has 0 spiro atoms. The lowest BCUT2D eigenvalue weighted by Crippen LogP contribution is -1.94. The van der Waals surface area contributed by atoms with Gasteiger partial charge >= 0.3 is 0 Å². The lowest BCUT2D eigenvalue weighted by atomic mass is 10.1. The van der Waals surface area contributed by atoms with E-state index in [0.717, 1.165) is 11.5 Å². The predicted molar refractivity (Wildman–Crippen MR) is 76.5 cm³/mol. The van der Waals surface area contributed by atoms with Crippen LogP contribution in [0.2, 0.25) is 5.15 Å². The highest BCUT2D eigenvalue weighted by Crippen LogP contribution is 2.25. The molecule has 0 fully saturated rings. The maximum Gasteiger partial charge on any atom is 0.132 e. The predicted octanol–water partition coefficient (Wildman–Crippen LogP) is 4.63. The Morgan fingerprint density at radius 2 is 1.61 bits per heavy atom. The smallest absolute Gasteiger partial charge is 0.132 e. The number of fused-ring (bicyclic) bond motifs is 1. The summed E-state index contributed by atoms with van der Waals surface area (Å²) in [5.74, 6) is 0.749.